The van der Waals surface area contributed by atoms with Crippen LogP contribution >= 0.6 is 0 Å². The number of hydrogen-bond donors (Lipinski definition) is 2. The largest absolute Gasteiger partial charge is 0.394 e. The van der Waals surface area contributed by atoms with Crippen LogP contribution in [0, 0.1) is 11.3 Å². The fourth-order valence-electron chi connectivity index (χ4n) is 1.03. The van der Waals surface area contributed by atoms with Gasteiger partial charge in [0, 0.05) is 13.2 Å². The van der Waals surface area contributed by atoms with E-state index in [1.807, 2.05) is 6.07 Å². The smallest absolute Gasteiger partial charge is 0.158 e. The summed E-state index contributed by atoms with van der Waals surface area (Å²) >= 11 is 0. The number of nitrogens with zero attached hydrogens (tertiary/aromatic N) is 3. The minimum Gasteiger partial charge on any atom is -0.394 e. The van der Waals surface area contributed by atoms with E-state index in [1.165, 1.54) is 12.4 Å². The highest BCUT2D eigenvalue weighted by molar-refractivity contribution is 5.32. The Bertz CT molecular complexity index is 334. The number of aliphatic hydroxyl groups excluding tert-OH is 1. The monoisotopic (exact) mass is 222 g/mol. The Morgan fingerprint density at radius 2 is 2.25 bits per heavy atom. The van der Waals surface area contributed by atoms with Gasteiger partial charge in [0.1, 0.15) is 11.9 Å². The second-order valence-electron chi connectivity index (χ2n) is 3.01. The molecule has 1 aromatic rings. The zero-order valence-electron chi connectivity index (χ0n) is 8.89. The third-order valence-electron chi connectivity index (χ3n) is 1.77. The van der Waals surface area contributed by atoms with E-state index in [2.05, 4.69) is 15.3 Å². The van der Waals surface area contributed by atoms with Crippen molar-refractivity contribution >= 4 is 5.82 Å². The first-order valence-corrected chi connectivity index (χ1v) is 5.01. The molecular weight excluding hydrogens is 208 g/mol. The van der Waals surface area contributed by atoms with Gasteiger partial charge in [-0.3, -0.25) is 0 Å². The first-order valence-electron chi connectivity index (χ1n) is 5.01. The van der Waals surface area contributed by atoms with Crippen LogP contribution in [0.15, 0.2) is 12.4 Å². The third kappa shape index (κ3) is 4.68. The van der Waals surface area contributed by atoms with E-state index in [0.29, 0.717) is 31.3 Å². The van der Waals surface area contributed by atoms with Gasteiger partial charge in [0.2, 0.25) is 0 Å². The van der Waals surface area contributed by atoms with Crippen molar-refractivity contribution in [3.8, 4) is 6.07 Å². The van der Waals surface area contributed by atoms with Gasteiger partial charge in [-0.25, -0.2) is 9.97 Å². The molecule has 0 amide bonds. The van der Waals surface area contributed by atoms with Crippen LogP contribution in [0.4, 0.5) is 5.82 Å². The Kier molecular flexibility index (Phi) is 5.84. The summed E-state index contributed by atoms with van der Waals surface area (Å²) in [4.78, 5) is 7.88. The highest BCUT2D eigenvalue weighted by atomic mass is 16.5. The Labute approximate surface area is 93.9 Å². The summed E-state index contributed by atoms with van der Waals surface area (Å²) in [5, 5.41) is 20.0. The first-order chi connectivity index (χ1) is 7.86. The quantitative estimate of drug-likeness (QED) is 0.638. The van der Waals surface area contributed by atoms with Crippen molar-refractivity contribution in [3.05, 3.63) is 18.1 Å². The van der Waals surface area contributed by atoms with Crippen molar-refractivity contribution in [1.82, 2.24) is 9.97 Å². The third-order valence-corrected chi connectivity index (χ3v) is 1.77. The number of ether oxygens (including phenoxy) is 1. The fourth-order valence-corrected chi connectivity index (χ4v) is 1.03. The van der Waals surface area contributed by atoms with Crippen LogP contribution in [-0.4, -0.2) is 41.4 Å². The number of nitriles is 1. The summed E-state index contributed by atoms with van der Waals surface area (Å²) in [6, 6.07) is 1.90. The van der Waals surface area contributed by atoms with E-state index in [1.54, 1.807) is 0 Å². The van der Waals surface area contributed by atoms with Crippen molar-refractivity contribution in [3.63, 3.8) is 0 Å². The lowest BCUT2D eigenvalue weighted by Crippen LogP contribution is -2.08. The molecule has 0 aromatic carbocycles. The van der Waals surface area contributed by atoms with Crippen LogP contribution in [0.2, 0.25) is 0 Å². The molecule has 0 bridgehead atoms. The molecule has 1 rings (SSSR count). The highest BCUT2D eigenvalue weighted by Crippen LogP contribution is 1.99. The topological polar surface area (TPSA) is 91.1 Å². The van der Waals surface area contributed by atoms with Crippen molar-refractivity contribution in [2.24, 2.45) is 0 Å². The molecule has 0 atom stereocenters. The Morgan fingerprint density at radius 1 is 1.38 bits per heavy atom. The maximum absolute atomic E-state index is 8.52. The van der Waals surface area contributed by atoms with Crippen LogP contribution < -0.4 is 5.32 Å². The molecule has 0 radical (unpaired) electrons. The summed E-state index contributed by atoms with van der Waals surface area (Å²) < 4.78 is 5.09. The first kappa shape index (κ1) is 12.4. The molecule has 1 heterocycles. The number of anilines is 1. The van der Waals surface area contributed by atoms with Gasteiger partial charge < -0.3 is 15.2 Å². The molecule has 86 valence electrons. The van der Waals surface area contributed by atoms with Gasteiger partial charge in [-0.1, -0.05) is 0 Å². The van der Waals surface area contributed by atoms with Gasteiger partial charge in [-0.2, -0.15) is 5.26 Å². The zero-order chi connectivity index (χ0) is 11.6. The zero-order valence-corrected chi connectivity index (χ0v) is 8.89. The number of hydrogen-bond acceptors (Lipinski definition) is 6. The molecule has 0 spiro atoms. The van der Waals surface area contributed by atoms with E-state index >= 15 is 0 Å². The van der Waals surface area contributed by atoms with Crippen LogP contribution in [-0.2, 0) is 4.74 Å². The Hall–Kier alpha value is -1.71. The van der Waals surface area contributed by atoms with Gasteiger partial charge in [0.15, 0.2) is 5.69 Å². The maximum atomic E-state index is 8.52. The lowest BCUT2D eigenvalue weighted by molar-refractivity contribution is 0.0922. The molecule has 0 saturated carbocycles. The van der Waals surface area contributed by atoms with Crippen molar-refractivity contribution in [1.29, 1.82) is 5.26 Å². The molecule has 0 aliphatic heterocycles. The van der Waals surface area contributed by atoms with Crippen LogP contribution in [0.25, 0.3) is 0 Å². The highest BCUT2D eigenvalue weighted by Gasteiger charge is 1.95. The van der Waals surface area contributed by atoms with E-state index in [4.69, 9.17) is 15.1 Å². The SMILES string of the molecule is N#Cc1cnc(NCCCOCCO)cn1. The van der Waals surface area contributed by atoms with Crippen LogP contribution in [0.1, 0.15) is 12.1 Å². The minimum absolute atomic E-state index is 0.0501. The molecule has 0 unspecified atom stereocenters. The number of aliphatic hydroxyl groups is 1. The summed E-state index contributed by atoms with van der Waals surface area (Å²) in [6.45, 7) is 1.73. The standard InChI is InChI=1S/C10H14N4O2/c11-6-9-7-14-10(8-13-9)12-2-1-4-16-5-3-15/h7-8,15H,1-5H2,(H,12,14). The molecule has 1 aromatic heterocycles. The molecular formula is C10H14N4O2. The molecule has 6 nitrogen and oxygen atoms in total. The van der Waals surface area contributed by atoms with Gasteiger partial charge in [-0.05, 0) is 6.42 Å². The fraction of sp³-hybridized carbons (Fsp3) is 0.500. The summed E-state index contributed by atoms with van der Waals surface area (Å²) in [5.41, 5.74) is 0.303. The number of aromatic nitrogens is 2. The molecule has 0 fully saturated rings. The molecule has 2 N–H and O–H groups in total. The summed E-state index contributed by atoms with van der Waals surface area (Å²) in [7, 11) is 0. The van der Waals surface area contributed by atoms with Crippen molar-refractivity contribution < 1.29 is 9.84 Å². The Morgan fingerprint density at radius 3 is 2.88 bits per heavy atom. The lowest BCUT2D eigenvalue weighted by atomic mass is 10.4. The molecule has 6 heteroatoms. The van der Waals surface area contributed by atoms with Crippen LogP contribution in [0.5, 0.6) is 0 Å². The summed E-state index contributed by atoms with van der Waals surface area (Å²) in [6.07, 6.45) is 3.76. The van der Waals surface area contributed by atoms with E-state index < -0.39 is 0 Å². The lowest BCUT2D eigenvalue weighted by Gasteiger charge is -2.05. The van der Waals surface area contributed by atoms with Crippen molar-refractivity contribution in [2.45, 2.75) is 6.42 Å². The average Bonchev–Trinajstić information content (AvgIpc) is 2.34. The maximum Gasteiger partial charge on any atom is 0.158 e. The predicted octanol–water partition coefficient (Wildman–Crippen LogP) is 0.159. The van der Waals surface area contributed by atoms with E-state index in [-0.39, 0.29) is 6.61 Å². The average molecular weight is 222 g/mol. The van der Waals surface area contributed by atoms with Gasteiger partial charge in [0.05, 0.1) is 25.6 Å². The second-order valence-corrected chi connectivity index (χ2v) is 3.01. The number of rotatable bonds is 7. The molecule has 0 aliphatic carbocycles. The van der Waals surface area contributed by atoms with Crippen molar-refractivity contribution in [2.75, 3.05) is 31.7 Å². The predicted molar refractivity (Wildman–Crippen MR) is 57.8 cm³/mol. The number of nitrogens with one attached hydrogen (secondary N) is 1. The van der Waals surface area contributed by atoms with Gasteiger partial charge >= 0.3 is 0 Å². The molecule has 0 saturated heterocycles. The Balaban J connectivity index is 2.15. The van der Waals surface area contributed by atoms with Crippen LogP contribution in [0.3, 0.4) is 0 Å². The normalized spacial score (nSPS) is 9.75. The van der Waals surface area contributed by atoms with Gasteiger partial charge in [-0.15, -0.1) is 0 Å². The minimum atomic E-state index is 0.0501. The molecule has 0 aliphatic rings. The summed E-state index contributed by atoms with van der Waals surface area (Å²) in [5.74, 6) is 0.640. The van der Waals surface area contributed by atoms with E-state index in [0.717, 1.165) is 6.42 Å². The van der Waals surface area contributed by atoms with E-state index in [9.17, 15) is 0 Å². The van der Waals surface area contributed by atoms with Gasteiger partial charge in [0.25, 0.3) is 0 Å². The molecule has 16 heavy (non-hydrogen) atoms. The second kappa shape index (κ2) is 7.56.